The van der Waals surface area contributed by atoms with E-state index in [1.165, 1.54) is 29.7 Å². The van der Waals surface area contributed by atoms with Crippen molar-refractivity contribution in [2.24, 2.45) is 0 Å². The van der Waals surface area contributed by atoms with Crippen molar-refractivity contribution in [2.75, 3.05) is 0 Å². The molecule has 0 aliphatic heterocycles. The minimum atomic E-state index is -1.19. The number of aromatic hydroxyl groups is 2. The molecule has 11 heteroatoms. The van der Waals surface area contributed by atoms with Gasteiger partial charge < -0.3 is 30.3 Å². The summed E-state index contributed by atoms with van der Waals surface area (Å²) in [5.41, 5.74) is 0.125. The lowest BCUT2D eigenvalue weighted by atomic mass is 10.0. The molecule has 1 aromatic heterocycles. The van der Waals surface area contributed by atoms with Crippen LogP contribution in [0.15, 0.2) is 48.7 Å². The molecular weight excluding hydrogens is 542 g/mol. The minimum Gasteiger partial charge on any atom is -0.504 e. The topological polar surface area (TPSA) is 156 Å². The van der Waals surface area contributed by atoms with Crippen LogP contribution in [0.4, 0.5) is 9.59 Å². The number of ketones is 1. The van der Waals surface area contributed by atoms with Crippen molar-refractivity contribution in [1.29, 1.82) is 0 Å². The van der Waals surface area contributed by atoms with Gasteiger partial charge in [0.05, 0.1) is 11.6 Å². The number of nitrogens with one attached hydrogen (secondary N) is 2. The second kappa shape index (κ2) is 12.5. The van der Waals surface area contributed by atoms with E-state index in [4.69, 9.17) is 9.47 Å². The Hall–Kier alpha value is -4.54. The van der Waals surface area contributed by atoms with E-state index in [0.717, 1.165) is 0 Å². The number of fused-ring (bicyclic) bond motifs is 1. The second-order valence-electron chi connectivity index (χ2n) is 12.1. The van der Waals surface area contributed by atoms with E-state index in [9.17, 15) is 29.4 Å². The standard InChI is InChI=1S/C31H39N3O8/c1-18(35)22(16-20-17-34(29(40)42-31(5,6)7)24-11-9-8-10-21(20)24)32-27(38)23(33-28(39)41-30(2,3)4)14-19-12-13-25(36)26(37)15-19/h8-13,15,17,22-23,36-37H,14,16H2,1-7H3,(H,32,38)(H,33,39)/t22-,23-/m0/s1. The van der Waals surface area contributed by atoms with Gasteiger partial charge in [0.2, 0.25) is 5.91 Å². The lowest BCUT2D eigenvalue weighted by molar-refractivity contribution is -0.128. The van der Waals surface area contributed by atoms with Gasteiger partial charge in [-0.2, -0.15) is 0 Å². The van der Waals surface area contributed by atoms with Crippen molar-refractivity contribution in [2.45, 2.75) is 84.6 Å². The van der Waals surface area contributed by atoms with Crippen molar-refractivity contribution in [3.63, 3.8) is 0 Å². The number of phenols is 2. The molecule has 0 bridgehead atoms. The fourth-order valence-electron chi connectivity index (χ4n) is 4.25. The molecule has 4 N–H and O–H groups in total. The molecule has 3 aromatic rings. The fraction of sp³-hybridized carbons (Fsp3) is 0.419. The maximum absolute atomic E-state index is 13.5. The monoisotopic (exact) mass is 581 g/mol. The summed E-state index contributed by atoms with van der Waals surface area (Å²) in [6.45, 7) is 11.7. The highest BCUT2D eigenvalue weighted by Gasteiger charge is 2.29. The molecule has 0 aliphatic rings. The van der Waals surface area contributed by atoms with Gasteiger partial charge in [-0.25, -0.2) is 9.59 Å². The first-order valence-corrected chi connectivity index (χ1v) is 13.6. The van der Waals surface area contributed by atoms with E-state index in [1.807, 2.05) is 6.07 Å². The number of carbonyl (C=O) groups excluding carboxylic acids is 4. The zero-order chi connectivity index (χ0) is 31.4. The van der Waals surface area contributed by atoms with Crippen LogP contribution in [0.25, 0.3) is 10.9 Å². The van der Waals surface area contributed by atoms with Gasteiger partial charge in [-0.05, 0) is 77.8 Å². The van der Waals surface area contributed by atoms with E-state index in [2.05, 4.69) is 10.6 Å². The molecule has 0 saturated carbocycles. The van der Waals surface area contributed by atoms with Gasteiger partial charge in [0.15, 0.2) is 17.3 Å². The third kappa shape index (κ3) is 8.73. The molecule has 226 valence electrons. The van der Waals surface area contributed by atoms with E-state index >= 15 is 0 Å². The highest BCUT2D eigenvalue weighted by molar-refractivity contribution is 5.94. The largest absolute Gasteiger partial charge is 0.504 e. The van der Waals surface area contributed by atoms with E-state index in [-0.39, 0.29) is 30.1 Å². The van der Waals surface area contributed by atoms with Crippen molar-refractivity contribution in [1.82, 2.24) is 15.2 Å². The SMILES string of the molecule is CC(=O)[C@H](Cc1cn(C(=O)OC(C)(C)C)c2ccccc12)NC(=O)[C@H](Cc1ccc(O)c(O)c1)NC(=O)OC(C)(C)C. The fourth-order valence-corrected chi connectivity index (χ4v) is 4.25. The first-order valence-electron chi connectivity index (χ1n) is 13.6. The first kappa shape index (κ1) is 32.0. The van der Waals surface area contributed by atoms with Crippen molar-refractivity contribution in [3.8, 4) is 11.5 Å². The smallest absolute Gasteiger partial charge is 0.419 e. The molecule has 0 saturated heterocycles. The number of benzene rings is 2. The normalized spacial score (nSPS) is 13.2. The number of rotatable bonds is 8. The molecule has 0 radical (unpaired) electrons. The van der Waals surface area contributed by atoms with Crippen LogP contribution in [-0.2, 0) is 31.9 Å². The molecule has 2 atom stereocenters. The Morgan fingerprint density at radius 3 is 2.07 bits per heavy atom. The molecular formula is C31H39N3O8. The summed E-state index contributed by atoms with van der Waals surface area (Å²) in [5.74, 6) is -1.71. The van der Waals surface area contributed by atoms with Crippen LogP contribution in [0.1, 0.15) is 59.6 Å². The number of hydrogen-bond acceptors (Lipinski definition) is 8. The minimum absolute atomic E-state index is 0.0660. The summed E-state index contributed by atoms with van der Waals surface area (Å²) in [7, 11) is 0. The first-order chi connectivity index (χ1) is 19.4. The zero-order valence-corrected chi connectivity index (χ0v) is 25.0. The van der Waals surface area contributed by atoms with E-state index < -0.39 is 41.4 Å². The predicted octanol–water partition coefficient (Wildman–Crippen LogP) is 4.59. The quantitative estimate of drug-likeness (QED) is 0.282. The van der Waals surface area contributed by atoms with Gasteiger partial charge >= 0.3 is 12.2 Å². The Bertz CT molecular complexity index is 1480. The summed E-state index contributed by atoms with van der Waals surface area (Å²) < 4.78 is 12.2. The highest BCUT2D eigenvalue weighted by atomic mass is 16.6. The number of ether oxygens (including phenoxy) is 2. The third-order valence-electron chi connectivity index (χ3n) is 6.10. The van der Waals surface area contributed by atoms with Crippen LogP contribution in [0, 0.1) is 0 Å². The maximum Gasteiger partial charge on any atom is 0.419 e. The van der Waals surface area contributed by atoms with Crippen LogP contribution in [0.2, 0.25) is 0 Å². The Kier molecular flexibility index (Phi) is 9.55. The molecule has 11 nitrogen and oxygen atoms in total. The molecule has 0 spiro atoms. The highest BCUT2D eigenvalue weighted by Crippen LogP contribution is 2.26. The zero-order valence-electron chi connectivity index (χ0n) is 25.0. The molecule has 1 heterocycles. The number of amides is 2. The molecule has 3 rings (SSSR count). The number of carbonyl (C=O) groups is 4. The molecule has 42 heavy (non-hydrogen) atoms. The molecule has 2 aromatic carbocycles. The Balaban J connectivity index is 1.89. The van der Waals surface area contributed by atoms with Gasteiger partial charge in [-0.1, -0.05) is 24.3 Å². The average molecular weight is 582 g/mol. The summed E-state index contributed by atoms with van der Waals surface area (Å²) >= 11 is 0. The number of alkyl carbamates (subject to hydrolysis) is 1. The average Bonchev–Trinajstić information content (AvgIpc) is 3.22. The summed E-state index contributed by atoms with van der Waals surface area (Å²) in [6, 6.07) is 9.03. The number of Topliss-reactive ketones (excluding diaryl/α,β-unsaturated/α-hetero) is 1. The van der Waals surface area contributed by atoms with Gasteiger partial charge in [0.25, 0.3) is 0 Å². The number of aromatic nitrogens is 1. The lowest BCUT2D eigenvalue weighted by Gasteiger charge is -2.25. The van der Waals surface area contributed by atoms with Crippen molar-refractivity contribution < 1.29 is 38.9 Å². The Morgan fingerprint density at radius 1 is 0.833 bits per heavy atom. The predicted molar refractivity (Wildman–Crippen MR) is 157 cm³/mol. The molecule has 2 amide bonds. The van der Waals surface area contributed by atoms with Crippen LogP contribution in [0.3, 0.4) is 0 Å². The number of phenolic OH excluding ortho intramolecular Hbond substituents is 2. The van der Waals surface area contributed by atoms with Gasteiger partial charge in [-0.3, -0.25) is 14.2 Å². The summed E-state index contributed by atoms with van der Waals surface area (Å²) in [4.78, 5) is 51.8. The molecule has 0 aliphatic carbocycles. The number of hydrogen-bond donors (Lipinski definition) is 4. The van der Waals surface area contributed by atoms with Crippen molar-refractivity contribution >= 4 is 34.8 Å². The lowest BCUT2D eigenvalue weighted by Crippen LogP contribution is -2.53. The molecule has 0 fully saturated rings. The second-order valence-corrected chi connectivity index (χ2v) is 12.1. The van der Waals surface area contributed by atoms with Crippen LogP contribution in [0.5, 0.6) is 11.5 Å². The van der Waals surface area contributed by atoms with E-state index in [1.54, 1.807) is 65.9 Å². The molecule has 0 unspecified atom stereocenters. The maximum atomic E-state index is 13.5. The summed E-state index contributed by atoms with van der Waals surface area (Å²) in [5, 5.41) is 25.6. The van der Waals surface area contributed by atoms with E-state index in [0.29, 0.717) is 22.0 Å². The number of nitrogens with zero attached hydrogens (tertiary/aromatic N) is 1. The van der Waals surface area contributed by atoms with Crippen LogP contribution in [-0.4, -0.2) is 61.9 Å². The van der Waals surface area contributed by atoms with Gasteiger partial charge in [0.1, 0.15) is 17.2 Å². The Morgan fingerprint density at radius 2 is 1.48 bits per heavy atom. The Labute approximate surface area is 244 Å². The van der Waals surface area contributed by atoms with Crippen LogP contribution < -0.4 is 10.6 Å². The van der Waals surface area contributed by atoms with Crippen molar-refractivity contribution in [3.05, 3.63) is 59.8 Å². The summed E-state index contributed by atoms with van der Waals surface area (Å²) in [6.07, 6.45) is 0.173. The van der Waals surface area contributed by atoms with Gasteiger partial charge in [0, 0.05) is 24.4 Å². The van der Waals surface area contributed by atoms with Crippen LogP contribution >= 0.6 is 0 Å². The van der Waals surface area contributed by atoms with Gasteiger partial charge in [-0.15, -0.1) is 0 Å². The number of para-hydroxylation sites is 1. The third-order valence-corrected chi connectivity index (χ3v) is 6.10.